The average molecular weight is 336 g/mol. The zero-order chi connectivity index (χ0) is 17.6. The number of aliphatic hydroxyl groups is 1. The lowest BCUT2D eigenvalue weighted by molar-refractivity contribution is -0.131. The Hall–Kier alpha value is -0.870. The van der Waals surface area contributed by atoms with Crippen molar-refractivity contribution in [3.8, 4) is 0 Å². The van der Waals surface area contributed by atoms with Crippen molar-refractivity contribution in [2.75, 3.05) is 13.2 Å². The topological polar surface area (TPSA) is 70.1 Å². The summed E-state index contributed by atoms with van der Waals surface area (Å²) in [5.41, 5.74) is 1.19. The number of carboxylic acid groups (broad SMARTS) is 1. The van der Waals surface area contributed by atoms with Crippen molar-refractivity contribution in [1.29, 1.82) is 0 Å². The molecular formula is C20H32O4. The van der Waals surface area contributed by atoms with E-state index in [0.717, 1.165) is 13.0 Å². The van der Waals surface area contributed by atoms with Crippen LogP contribution in [0.15, 0.2) is 11.6 Å². The second-order valence-corrected chi connectivity index (χ2v) is 8.89. The SMILES string of the molecule is C[C@@H]1CC[C@]2(C)[C@H](CCC[C@]23CO3)[C@@]1(C)CC/C(=C/C(=O)O)CO. The molecule has 4 heteroatoms. The molecule has 1 aliphatic heterocycles. The molecule has 3 aliphatic rings. The number of aliphatic hydroxyl groups excluding tert-OH is 1. The average Bonchev–Trinajstić information content (AvgIpc) is 3.31. The van der Waals surface area contributed by atoms with Gasteiger partial charge in [-0.15, -0.1) is 0 Å². The minimum Gasteiger partial charge on any atom is -0.478 e. The maximum absolute atomic E-state index is 10.9. The van der Waals surface area contributed by atoms with E-state index in [-0.39, 0.29) is 23.0 Å². The lowest BCUT2D eigenvalue weighted by atomic mass is 9.44. The molecule has 1 spiro atoms. The molecular weight excluding hydrogens is 304 g/mol. The molecule has 2 aliphatic carbocycles. The largest absolute Gasteiger partial charge is 0.478 e. The normalized spacial score (nSPS) is 45.1. The Balaban J connectivity index is 1.82. The summed E-state index contributed by atoms with van der Waals surface area (Å²) in [4.78, 5) is 10.9. The van der Waals surface area contributed by atoms with Crippen LogP contribution in [0, 0.1) is 22.7 Å². The van der Waals surface area contributed by atoms with E-state index >= 15 is 0 Å². The number of rotatable bonds is 5. The van der Waals surface area contributed by atoms with E-state index in [9.17, 15) is 9.90 Å². The fourth-order valence-corrected chi connectivity index (χ4v) is 5.95. The number of carbonyl (C=O) groups is 1. The molecule has 1 heterocycles. The third kappa shape index (κ3) is 2.72. The Morgan fingerprint density at radius 2 is 2.00 bits per heavy atom. The highest BCUT2D eigenvalue weighted by Crippen LogP contribution is 2.68. The third-order valence-electron chi connectivity index (χ3n) is 7.91. The van der Waals surface area contributed by atoms with E-state index in [1.54, 1.807) is 0 Å². The first-order valence-electron chi connectivity index (χ1n) is 9.45. The van der Waals surface area contributed by atoms with Crippen LogP contribution in [0.25, 0.3) is 0 Å². The number of hydrogen-bond donors (Lipinski definition) is 2. The molecule has 2 N–H and O–H groups in total. The van der Waals surface area contributed by atoms with Crippen LogP contribution in [-0.2, 0) is 9.53 Å². The van der Waals surface area contributed by atoms with Gasteiger partial charge < -0.3 is 14.9 Å². The summed E-state index contributed by atoms with van der Waals surface area (Å²) in [7, 11) is 0. The van der Waals surface area contributed by atoms with Gasteiger partial charge in [0.1, 0.15) is 0 Å². The summed E-state index contributed by atoms with van der Waals surface area (Å²) >= 11 is 0. The fourth-order valence-electron chi connectivity index (χ4n) is 5.95. The van der Waals surface area contributed by atoms with Crippen molar-refractivity contribution >= 4 is 5.97 Å². The Kier molecular flexibility index (Phi) is 4.59. The summed E-state index contributed by atoms with van der Waals surface area (Å²) in [5.74, 6) is 0.276. The van der Waals surface area contributed by atoms with E-state index < -0.39 is 5.97 Å². The number of fused-ring (bicyclic) bond motifs is 2. The number of hydrogen-bond acceptors (Lipinski definition) is 3. The summed E-state index contributed by atoms with van der Waals surface area (Å²) in [6, 6.07) is 0. The molecule has 24 heavy (non-hydrogen) atoms. The summed E-state index contributed by atoms with van der Waals surface area (Å²) in [5, 5.41) is 18.4. The van der Waals surface area contributed by atoms with Gasteiger partial charge >= 0.3 is 5.97 Å². The Bertz CT molecular complexity index is 536. The van der Waals surface area contributed by atoms with Crippen LogP contribution >= 0.6 is 0 Å². The van der Waals surface area contributed by atoms with Crippen molar-refractivity contribution < 1.29 is 19.7 Å². The zero-order valence-electron chi connectivity index (χ0n) is 15.3. The van der Waals surface area contributed by atoms with Gasteiger partial charge in [-0.05, 0) is 61.3 Å². The van der Waals surface area contributed by atoms with Crippen LogP contribution in [0.5, 0.6) is 0 Å². The molecule has 0 unspecified atom stereocenters. The third-order valence-corrected chi connectivity index (χ3v) is 7.91. The maximum atomic E-state index is 10.9. The smallest absolute Gasteiger partial charge is 0.328 e. The molecule has 5 atom stereocenters. The summed E-state index contributed by atoms with van der Waals surface area (Å²) < 4.78 is 6.01. The van der Waals surface area contributed by atoms with Gasteiger partial charge in [0.25, 0.3) is 0 Å². The number of ether oxygens (including phenoxy) is 1. The van der Waals surface area contributed by atoms with E-state index in [2.05, 4.69) is 20.8 Å². The van der Waals surface area contributed by atoms with Gasteiger partial charge in [-0.1, -0.05) is 27.2 Å². The first kappa shape index (κ1) is 17.9. The molecule has 3 fully saturated rings. The molecule has 0 aromatic heterocycles. The van der Waals surface area contributed by atoms with Gasteiger partial charge in [0.2, 0.25) is 0 Å². The van der Waals surface area contributed by atoms with E-state index in [1.165, 1.54) is 38.2 Å². The van der Waals surface area contributed by atoms with Crippen molar-refractivity contribution in [3.05, 3.63) is 11.6 Å². The molecule has 4 nitrogen and oxygen atoms in total. The van der Waals surface area contributed by atoms with Gasteiger partial charge in [-0.25, -0.2) is 4.79 Å². The molecule has 0 aromatic carbocycles. The maximum Gasteiger partial charge on any atom is 0.328 e. The Labute approximate surface area is 145 Å². The molecule has 0 radical (unpaired) electrons. The molecule has 0 amide bonds. The van der Waals surface area contributed by atoms with Crippen molar-refractivity contribution in [2.45, 2.75) is 71.3 Å². The van der Waals surface area contributed by atoms with Gasteiger partial charge in [0, 0.05) is 11.5 Å². The monoisotopic (exact) mass is 336 g/mol. The highest BCUT2D eigenvalue weighted by Gasteiger charge is 2.67. The number of epoxide rings is 1. The second-order valence-electron chi connectivity index (χ2n) is 8.89. The van der Waals surface area contributed by atoms with Crippen LogP contribution in [0.1, 0.15) is 65.7 Å². The lowest BCUT2D eigenvalue weighted by Crippen LogP contribution is -2.56. The second kappa shape index (κ2) is 6.14. The predicted octanol–water partition coefficient (Wildman–Crippen LogP) is 3.78. The molecule has 3 rings (SSSR count). The molecule has 2 saturated carbocycles. The molecule has 1 saturated heterocycles. The Morgan fingerprint density at radius 3 is 2.58 bits per heavy atom. The fraction of sp³-hybridized carbons (Fsp3) is 0.850. The van der Waals surface area contributed by atoms with Crippen LogP contribution in [0.3, 0.4) is 0 Å². The van der Waals surface area contributed by atoms with Crippen LogP contribution < -0.4 is 0 Å². The van der Waals surface area contributed by atoms with E-state index in [0.29, 0.717) is 23.8 Å². The minimum absolute atomic E-state index is 0.119. The van der Waals surface area contributed by atoms with Gasteiger partial charge in [0.15, 0.2) is 0 Å². The van der Waals surface area contributed by atoms with E-state index in [4.69, 9.17) is 9.84 Å². The highest BCUT2D eigenvalue weighted by molar-refractivity contribution is 5.80. The molecule has 0 bridgehead atoms. The van der Waals surface area contributed by atoms with E-state index in [1.807, 2.05) is 0 Å². The highest BCUT2D eigenvalue weighted by atomic mass is 16.6. The van der Waals surface area contributed by atoms with Gasteiger partial charge in [-0.2, -0.15) is 0 Å². The molecule has 0 aromatic rings. The predicted molar refractivity (Wildman–Crippen MR) is 92.7 cm³/mol. The number of carboxylic acids is 1. The van der Waals surface area contributed by atoms with Crippen molar-refractivity contribution in [3.63, 3.8) is 0 Å². The van der Waals surface area contributed by atoms with Crippen molar-refractivity contribution in [1.82, 2.24) is 0 Å². The van der Waals surface area contributed by atoms with Gasteiger partial charge in [0.05, 0.1) is 18.8 Å². The zero-order valence-corrected chi connectivity index (χ0v) is 15.3. The van der Waals surface area contributed by atoms with Gasteiger partial charge in [-0.3, -0.25) is 0 Å². The van der Waals surface area contributed by atoms with Crippen molar-refractivity contribution in [2.24, 2.45) is 22.7 Å². The van der Waals surface area contributed by atoms with Crippen LogP contribution in [0.4, 0.5) is 0 Å². The first-order chi connectivity index (χ1) is 11.3. The van der Waals surface area contributed by atoms with Crippen LogP contribution in [-0.4, -0.2) is 35.0 Å². The quantitative estimate of drug-likeness (QED) is 0.592. The van der Waals surface area contributed by atoms with Crippen LogP contribution in [0.2, 0.25) is 0 Å². The molecule has 136 valence electrons. The minimum atomic E-state index is -0.964. The standard InChI is InChI=1S/C20H32O4/c1-14-6-10-19(3)16(5-4-8-20(19)13-24-20)18(14,2)9-7-15(12-21)11-17(22)23/h11,14,16,21H,4-10,12-13H2,1-3H3,(H,22,23)/b15-11-/t14-,16-,18+,19-,20+/m1/s1. The Morgan fingerprint density at radius 1 is 1.29 bits per heavy atom. The lowest BCUT2D eigenvalue weighted by Gasteiger charge is -2.60. The number of aliphatic carboxylic acids is 1. The summed E-state index contributed by atoms with van der Waals surface area (Å²) in [6.07, 6.45) is 8.94. The first-order valence-corrected chi connectivity index (χ1v) is 9.45. The summed E-state index contributed by atoms with van der Waals surface area (Å²) in [6.45, 7) is 7.95.